The molecular formula is C19H22N2O8. The number of carboxylic acids is 1. The fraction of sp³-hybridized carbons (Fsp3) is 0.211. The van der Waals surface area contributed by atoms with Crippen molar-refractivity contribution in [3.8, 4) is 11.5 Å². The third-order valence-electron chi connectivity index (χ3n) is 3.06. The summed E-state index contributed by atoms with van der Waals surface area (Å²) in [4.78, 5) is 31.9. The number of nitrogens with two attached hydrogens (primary N) is 2. The van der Waals surface area contributed by atoms with E-state index in [1.807, 2.05) is 0 Å². The largest absolute Gasteiger partial charge is 0.482 e. The maximum atomic E-state index is 11.1. The van der Waals surface area contributed by atoms with Crippen molar-refractivity contribution in [1.82, 2.24) is 0 Å². The normalized spacial score (nSPS) is 9.41. The monoisotopic (exact) mass is 406 g/mol. The molecule has 2 rings (SSSR count). The van der Waals surface area contributed by atoms with Crippen molar-refractivity contribution < 1.29 is 38.4 Å². The van der Waals surface area contributed by atoms with Crippen LogP contribution < -0.4 is 20.9 Å². The Morgan fingerprint density at radius 3 is 1.62 bits per heavy atom. The number of benzene rings is 2. The number of hydrogen-bond acceptors (Lipinski definition) is 9. The van der Waals surface area contributed by atoms with Crippen LogP contribution in [0.1, 0.15) is 0 Å². The average molecular weight is 406 g/mol. The molecule has 0 aliphatic rings. The maximum absolute atomic E-state index is 11.1. The van der Waals surface area contributed by atoms with Gasteiger partial charge in [0.2, 0.25) is 0 Å². The second kappa shape index (κ2) is 12.4. The van der Waals surface area contributed by atoms with Crippen LogP contribution >= 0.6 is 0 Å². The standard InChI is InChI=1S/C11H13NO5.C8H9NO3/c1-15-10(13)6-17-11(14)7-16-9-4-2-8(12)3-5-9;9-6-1-3-7(4-2-6)12-5-8(10)11/h2-5H,6-7,12H2,1H3;1-4H,5,9H2,(H,10,11). The van der Waals surface area contributed by atoms with Gasteiger partial charge in [0.1, 0.15) is 11.5 Å². The van der Waals surface area contributed by atoms with E-state index in [1.54, 1.807) is 48.5 Å². The molecule has 0 fully saturated rings. The molecule has 0 aliphatic carbocycles. The van der Waals surface area contributed by atoms with Crippen LogP contribution in [-0.2, 0) is 23.9 Å². The highest BCUT2D eigenvalue weighted by Gasteiger charge is 2.08. The number of nitrogen functional groups attached to an aromatic ring is 2. The minimum Gasteiger partial charge on any atom is -0.482 e. The molecule has 29 heavy (non-hydrogen) atoms. The fourth-order valence-electron chi connectivity index (χ4n) is 1.66. The summed E-state index contributed by atoms with van der Waals surface area (Å²) in [6, 6.07) is 13.1. The highest BCUT2D eigenvalue weighted by molar-refractivity contribution is 5.77. The Labute approximate surface area is 166 Å². The topological polar surface area (TPSA) is 160 Å². The smallest absolute Gasteiger partial charge is 0.344 e. The van der Waals surface area contributed by atoms with E-state index in [2.05, 4.69) is 9.47 Å². The SMILES string of the molecule is COC(=O)COC(=O)COc1ccc(N)cc1.Nc1ccc(OCC(=O)O)cc1. The summed E-state index contributed by atoms with van der Waals surface area (Å²) in [5, 5.41) is 8.28. The van der Waals surface area contributed by atoms with Gasteiger partial charge in [-0.3, -0.25) is 0 Å². The highest BCUT2D eigenvalue weighted by atomic mass is 16.6. The zero-order chi connectivity index (χ0) is 21.6. The number of carboxylic acid groups (broad SMARTS) is 1. The average Bonchev–Trinajstić information content (AvgIpc) is 2.71. The van der Waals surface area contributed by atoms with Crippen LogP contribution in [0, 0.1) is 0 Å². The molecule has 156 valence electrons. The lowest BCUT2D eigenvalue weighted by atomic mass is 10.3. The first-order valence-electron chi connectivity index (χ1n) is 8.21. The number of methoxy groups -OCH3 is 1. The van der Waals surface area contributed by atoms with Crippen molar-refractivity contribution >= 4 is 29.3 Å². The van der Waals surface area contributed by atoms with Gasteiger partial charge in [-0.15, -0.1) is 0 Å². The molecule has 2 aromatic carbocycles. The number of aliphatic carboxylic acids is 1. The molecule has 10 nitrogen and oxygen atoms in total. The van der Waals surface area contributed by atoms with Crippen LogP contribution in [0.4, 0.5) is 11.4 Å². The third-order valence-corrected chi connectivity index (χ3v) is 3.06. The Morgan fingerprint density at radius 2 is 1.21 bits per heavy atom. The van der Waals surface area contributed by atoms with Crippen molar-refractivity contribution in [2.45, 2.75) is 0 Å². The van der Waals surface area contributed by atoms with Crippen LogP contribution in [-0.4, -0.2) is 49.9 Å². The second-order valence-electron chi connectivity index (χ2n) is 5.35. The van der Waals surface area contributed by atoms with Gasteiger partial charge in [0, 0.05) is 11.4 Å². The fourth-order valence-corrected chi connectivity index (χ4v) is 1.66. The number of carbonyl (C=O) groups excluding carboxylic acids is 2. The molecule has 0 saturated heterocycles. The van der Waals surface area contributed by atoms with E-state index in [0.29, 0.717) is 22.9 Å². The van der Waals surface area contributed by atoms with E-state index >= 15 is 0 Å². The third kappa shape index (κ3) is 10.7. The van der Waals surface area contributed by atoms with Crippen molar-refractivity contribution in [2.24, 2.45) is 0 Å². The van der Waals surface area contributed by atoms with Crippen molar-refractivity contribution in [3.63, 3.8) is 0 Å². The second-order valence-corrected chi connectivity index (χ2v) is 5.35. The van der Waals surface area contributed by atoms with Crippen molar-refractivity contribution in [1.29, 1.82) is 0 Å². The minimum absolute atomic E-state index is 0.277. The lowest BCUT2D eigenvalue weighted by Gasteiger charge is -2.06. The Kier molecular flexibility index (Phi) is 9.90. The molecule has 0 radical (unpaired) electrons. The molecule has 2 aromatic rings. The molecule has 0 amide bonds. The van der Waals surface area contributed by atoms with Gasteiger partial charge in [0.15, 0.2) is 19.8 Å². The molecule has 0 heterocycles. The zero-order valence-corrected chi connectivity index (χ0v) is 15.7. The molecule has 0 bridgehead atoms. The first kappa shape index (κ1) is 23.1. The summed E-state index contributed by atoms with van der Waals surface area (Å²) in [5.74, 6) is -1.26. The lowest BCUT2D eigenvalue weighted by Crippen LogP contribution is -2.20. The molecule has 0 unspecified atom stereocenters. The number of carbonyl (C=O) groups is 3. The van der Waals surface area contributed by atoms with Crippen molar-refractivity contribution in [2.75, 3.05) is 38.4 Å². The van der Waals surface area contributed by atoms with Gasteiger partial charge >= 0.3 is 17.9 Å². The Morgan fingerprint density at radius 1 is 0.759 bits per heavy atom. The van der Waals surface area contributed by atoms with Gasteiger partial charge in [-0.05, 0) is 48.5 Å². The van der Waals surface area contributed by atoms with Crippen LogP contribution in [0.5, 0.6) is 11.5 Å². The van der Waals surface area contributed by atoms with E-state index in [-0.39, 0.29) is 13.2 Å². The summed E-state index contributed by atoms with van der Waals surface area (Å²) in [6.07, 6.45) is 0. The minimum atomic E-state index is -0.994. The van der Waals surface area contributed by atoms with Gasteiger partial charge in [-0.25, -0.2) is 14.4 Å². The van der Waals surface area contributed by atoms with Crippen LogP contribution in [0.3, 0.4) is 0 Å². The first-order chi connectivity index (χ1) is 13.8. The molecular weight excluding hydrogens is 384 g/mol. The number of hydrogen-bond donors (Lipinski definition) is 3. The van der Waals surface area contributed by atoms with E-state index < -0.39 is 24.5 Å². The molecule has 0 aromatic heterocycles. The van der Waals surface area contributed by atoms with Gasteiger partial charge in [0.05, 0.1) is 7.11 Å². The Balaban J connectivity index is 0.000000308. The molecule has 0 saturated carbocycles. The van der Waals surface area contributed by atoms with Gasteiger partial charge < -0.3 is 35.5 Å². The van der Waals surface area contributed by atoms with Crippen LogP contribution in [0.25, 0.3) is 0 Å². The summed E-state index contributed by atoms with van der Waals surface area (Å²) in [5.41, 5.74) is 12.1. The molecule has 0 spiro atoms. The number of rotatable bonds is 8. The van der Waals surface area contributed by atoms with E-state index in [0.717, 1.165) is 0 Å². The van der Waals surface area contributed by atoms with E-state index in [1.165, 1.54) is 7.11 Å². The number of anilines is 2. The Bertz CT molecular complexity index is 791. The first-order valence-corrected chi connectivity index (χ1v) is 8.21. The van der Waals surface area contributed by atoms with Gasteiger partial charge in [-0.2, -0.15) is 0 Å². The van der Waals surface area contributed by atoms with E-state index in [9.17, 15) is 14.4 Å². The summed E-state index contributed by atoms with van der Waals surface area (Å²) in [7, 11) is 1.21. The van der Waals surface area contributed by atoms with Gasteiger partial charge in [-0.1, -0.05) is 0 Å². The van der Waals surface area contributed by atoms with Crippen molar-refractivity contribution in [3.05, 3.63) is 48.5 Å². The summed E-state index contributed by atoms with van der Waals surface area (Å²) >= 11 is 0. The van der Waals surface area contributed by atoms with E-state index in [4.69, 9.17) is 26.0 Å². The lowest BCUT2D eigenvalue weighted by molar-refractivity contribution is -0.158. The quantitative estimate of drug-likeness (QED) is 0.427. The summed E-state index contributed by atoms with van der Waals surface area (Å²) in [6.45, 7) is -1.02. The maximum Gasteiger partial charge on any atom is 0.344 e. The summed E-state index contributed by atoms with van der Waals surface area (Å²) < 4.78 is 18.9. The molecule has 0 atom stereocenters. The molecule has 5 N–H and O–H groups in total. The van der Waals surface area contributed by atoms with Crippen LogP contribution in [0.2, 0.25) is 0 Å². The van der Waals surface area contributed by atoms with Crippen LogP contribution in [0.15, 0.2) is 48.5 Å². The zero-order valence-electron chi connectivity index (χ0n) is 15.7. The number of ether oxygens (including phenoxy) is 4. The predicted octanol–water partition coefficient (Wildman–Crippen LogP) is 1.10. The molecule has 0 aliphatic heterocycles. The Hall–Kier alpha value is -3.95. The number of esters is 2. The van der Waals surface area contributed by atoms with Gasteiger partial charge in [0.25, 0.3) is 0 Å². The molecule has 10 heteroatoms. The highest BCUT2D eigenvalue weighted by Crippen LogP contribution is 2.13. The predicted molar refractivity (Wildman–Crippen MR) is 103 cm³/mol.